The summed E-state index contributed by atoms with van der Waals surface area (Å²) < 4.78 is 0. The zero-order valence-corrected chi connectivity index (χ0v) is 8.30. The van der Waals surface area contributed by atoms with E-state index in [0.29, 0.717) is 6.42 Å². The molecule has 0 aliphatic rings. The van der Waals surface area contributed by atoms with Crippen LogP contribution in [0.15, 0.2) is 6.20 Å². The van der Waals surface area contributed by atoms with Crippen LogP contribution in [-0.2, 0) is 16.1 Å². The van der Waals surface area contributed by atoms with Crippen LogP contribution in [0, 0.1) is 0 Å². The predicted molar refractivity (Wildman–Crippen MR) is 51.2 cm³/mol. The molecule has 1 aromatic rings. The van der Waals surface area contributed by atoms with Gasteiger partial charge >= 0.3 is 5.97 Å². The van der Waals surface area contributed by atoms with Crippen LogP contribution in [0.25, 0.3) is 0 Å². The van der Waals surface area contributed by atoms with Crippen molar-refractivity contribution in [3.05, 3.63) is 6.20 Å². The molecule has 0 spiro atoms. The largest absolute Gasteiger partial charge is 0.480 e. The summed E-state index contributed by atoms with van der Waals surface area (Å²) in [6.45, 7) is 1.57. The van der Waals surface area contributed by atoms with E-state index in [1.807, 2.05) is 6.92 Å². The Kier molecular flexibility index (Phi) is 3.78. The van der Waals surface area contributed by atoms with Crippen molar-refractivity contribution in [1.29, 1.82) is 0 Å². The van der Waals surface area contributed by atoms with E-state index in [1.165, 1.54) is 6.20 Å². The minimum Gasteiger partial charge on any atom is -0.480 e. The second-order valence-electron chi connectivity index (χ2n) is 2.95. The number of aliphatic carboxylic acids is 1. The SMILES string of the molecule is CCCC(=O)Nc1cnn(CC(=O)O)n1. The van der Waals surface area contributed by atoms with Gasteiger partial charge in [0.2, 0.25) is 5.91 Å². The number of carboxylic acids is 1. The topological polar surface area (TPSA) is 97.1 Å². The van der Waals surface area contributed by atoms with Crippen molar-refractivity contribution >= 4 is 17.7 Å². The summed E-state index contributed by atoms with van der Waals surface area (Å²) in [6.07, 6.45) is 2.47. The van der Waals surface area contributed by atoms with E-state index in [1.54, 1.807) is 0 Å². The van der Waals surface area contributed by atoms with Crippen molar-refractivity contribution in [2.45, 2.75) is 26.3 Å². The molecule has 1 heterocycles. The van der Waals surface area contributed by atoms with Gasteiger partial charge in [-0.25, -0.2) is 0 Å². The Hall–Kier alpha value is -1.92. The van der Waals surface area contributed by atoms with Crippen LogP contribution >= 0.6 is 0 Å². The molecule has 15 heavy (non-hydrogen) atoms. The molecule has 0 saturated heterocycles. The fourth-order valence-corrected chi connectivity index (χ4v) is 0.984. The molecule has 0 fully saturated rings. The summed E-state index contributed by atoms with van der Waals surface area (Å²) in [5.74, 6) is -0.911. The fraction of sp³-hybridized carbons (Fsp3) is 0.500. The van der Waals surface area contributed by atoms with Crippen molar-refractivity contribution in [2.24, 2.45) is 0 Å². The third kappa shape index (κ3) is 3.75. The molecular weight excluding hydrogens is 200 g/mol. The van der Waals surface area contributed by atoms with Crippen LogP contribution in [-0.4, -0.2) is 32.0 Å². The number of aromatic nitrogens is 3. The van der Waals surface area contributed by atoms with Crippen LogP contribution < -0.4 is 5.32 Å². The molecule has 82 valence electrons. The lowest BCUT2D eigenvalue weighted by atomic mass is 10.3. The zero-order chi connectivity index (χ0) is 11.3. The third-order valence-corrected chi connectivity index (χ3v) is 1.56. The Morgan fingerprint density at radius 1 is 1.60 bits per heavy atom. The van der Waals surface area contributed by atoms with Gasteiger partial charge in [0.1, 0.15) is 0 Å². The lowest BCUT2D eigenvalue weighted by Crippen LogP contribution is -2.13. The first kappa shape index (κ1) is 11.2. The van der Waals surface area contributed by atoms with E-state index in [2.05, 4.69) is 15.5 Å². The second-order valence-corrected chi connectivity index (χ2v) is 2.95. The quantitative estimate of drug-likeness (QED) is 0.721. The van der Waals surface area contributed by atoms with Crippen molar-refractivity contribution in [3.63, 3.8) is 0 Å². The Morgan fingerprint density at radius 3 is 2.93 bits per heavy atom. The molecular formula is C8H12N4O3. The van der Waals surface area contributed by atoms with Crippen LogP contribution in [0.2, 0.25) is 0 Å². The average Bonchev–Trinajstić information content (AvgIpc) is 2.51. The number of anilines is 1. The van der Waals surface area contributed by atoms with E-state index in [4.69, 9.17) is 5.11 Å². The highest BCUT2D eigenvalue weighted by Crippen LogP contribution is 2.00. The zero-order valence-electron chi connectivity index (χ0n) is 8.30. The van der Waals surface area contributed by atoms with Crippen molar-refractivity contribution in [3.8, 4) is 0 Å². The lowest BCUT2D eigenvalue weighted by Gasteiger charge is -1.97. The molecule has 7 heteroatoms. The van der Waals surface area contributed by atoms with E-state index in [9.17, 15) is 9.59 Å². The highest BCUT2D eigenvalue weighted by molar-refractivity contribution is 5.89. The van der Waals surface area contributed by atoms with Gasteiger partial charge in [-0.1, -0.05) is 6.92 Å². The predicted octanol–water partition coefficient (Wildman–Crippen LogP) is 0.101. The van der Waals surface area contributed by atoms with Crippen LogP contribution in [0.5, 0.6) is 0 Å². The minimum absolute atomic E-state index is 0.153. The molecule has 0 saturated carbocycles. The summed E-state index contributed by atoms with van der Waals surface area (Å²) in [6, 6.07) is 0. The minimum atomic E-state index is -1.03. The molecule has 0 aromatic carbocycles. The number of amides is 1. The number of nitrogens with one attached hydrogen (secondary N) is 1. The third-order valence-electron chi connectivity index (χ3n) is 1.56. The number of carbonyl (C=O) groups excluding carboxylic acids is 1. The van der Waals surface area contributed by atoms with Gasteiger partial charge in [-0.15, -0.1) is 5.10 Å². The van der Waals surface area contributed by atoms with Gasteiger partial charge in [-0.3, -0.25) is 9.59 Å². The van der Waals surface area contributed by atoms with E-state index >= 15 is 0 Å². The molecule has 1 aromatic heterocycles. The molecule has 0 aliphatic carbocycles. The number of rotatable bonds is 5. The lowest BCUT2D eigenvalue weighted by molar-refractivity contribution is -0.138. The monoisotopic (exact) mass is 212 g/mol. The van der Waals surface area contributed by atoms with Crippen LogP contribution in [0.3, 0.4) is 0 Å². The number of hydrogen-bond donors (Lipinski definition) is 2. The smallest absolute Gasteiger partial charge is 0.327 e. The van der Waals surface area contributed by atoms with Gasteiger partial charge in [0, 0.05) is 6.42 Å². The normalized spacial score (nSPS) is 9.93. The molecule has 0 atom stereocenters. The first-order valence-corrected chi connectivity index (χ1v) is 4.53. The fourth-order valence-electron chi connectivity index (χ4n) is 0.984. The molecule has 2 N–H and O–H groups in total. The summed E-state index contributed by atoms with van der Waals surface area (Å²) in [4.78, 5) is 22.5. The Balaban J connectivity index is 2.52. The van der Waals surface area contributed by atoms with Gasteiger partial charge in [0.05, 0.1) is 6.20 Å². The summed E-state index contributed by atoms with van der Waals surface area (Å²) in [7, 11) is 0. The molecule has 0 bridgehead atoms. The number of nitrogens with zero attached hydrogens (tertiary/aromatic N) is 3. The first-order valence-electron chi connectivity index (χ1n) is 4.53. The molecule has 7 nitrogen and oxygen atoms in total. The molecule has 1 rings (SSSR count). The number of hydrogen-bond acceptors (Lipinski definition) is 4. The summed E-state index contributed by atoms with van der Waals surface area (Å²) >= 11 is 0. The second kappa shape index (κ2) is 5.08. The maximum atomic E-state index is 11.1. The Morgan fingerprint density at radius 2 is 2.33 bits per heavy atom. The van der Waals surface area contributed by atoms with Crippen molar-refractivity contribution in [1.82, 2.24) is 15.0 Å². The summed E-state index contributed by atoms with van der Waals surface area (Å²) in [5, 5.41) is 18.4. The van der Waals surface area contributed by atoms with E-state index in [0.717, 1.165) is 11.2 Å². The highest BCUT2D eigenvalue weighted by Gasteiger charge is 2.06. The highest BCUT2D eigenvalue weighted by atomic mass is 16.4. The van der Waals surface area contributed by atoms with Gasteiger partial charge in [-0.05, 0) is 6.42 Å². The van der Waals surface area contributed by atoms with Crippen molar-refractivity contribution in [2.75, 3.05) is 5.32 Å². The maximum absolute atomic E-state index is 11.1. The van der Waals surface area contributed by atoms with Crippen molar-refractivity contribution < 1.29 is 14.7 Å². The molecule has 0 unspecified atom stereocenters. The molecule has 0 aliphatic heterocycles. The van der Waals surface area contributed by atoms with Gasteiger partial charge in [0.15, 0.2) is 12.4 Å². The van der Waals surface area contributed by atoms with E-state index in [-0.39, 0.29) is 18.3 Å². The number of carboxylic acid groups (broad SMARTS) is 1. The summed E-state index contributed by atoms with van der Waals surface area (Å²) in [5.41, 5.74) is 0. The first-order chi connectivity index (χ1) is 7.11. The van der Waals surface area contributed by atoms with Gasteiger partial charge in [-0.2, -0.15) is 9.90 Å². The Labute approximate surface area is 86.1 Å². The molecule has 1 amide bonds. The van der Waals surface area contributed by atoms with Crippen LogP contribution in [0.1, 0.15) is 19.8 Å². The standard InChI is InChI=1S/C8H12N4O3/c1-2-3-7(13)10-6-4-9-12(11-6)5-8(14)15/h4H,2-3,5H2,1H3,(H,14,15)(H,10,11,13). The Bertz CT molecular complexity index is 361. The van der Waals surface area contributed by atoms with E-state index < -0.39 is 5.97 Å². The van der Waals surface area contributed by atoms with Gasteiger partial charge < -0.3 is 10.4 Å². The molecule has 0 radical (unpaired) electrons. The maximum Gasteiger partial charge on any atom is 0.327 e. The average molecular weight is 212 g/mol. The number of carbonyl (C=O) groups is 2. The van der Waals surface area contributed by atoms with Gasteiger partial charge in [0.25, 0.3) is 0 Å². The van der Waals surface area contributed by atoms with Crippen LogP contribution in [0.4, 0.5) is 5.82 Å².